The first-order valence-electron chi connectivity index (χ1n) is 7.98. The van der Waals surface area contributed by atoms with E-state index in [1.165, 1.54) is 16.4 Å². The molecule has 0 bridgehead atoms. The second-order valence-corrected chi connectivity index (χ2v) is 7.96. The Bertz CT molecular complexity index is 720. The molecule has 1 aliphatic heterocycles. The van der Waals surface area contributed by atoms with Gasteiger partial charge >= 0.3 is 0 Å². The Morgan fingerprint density at radius 1 is 1.32 bits per heavy atom. The van der Waals surface area contributed by atoms with Crippen molar-refractivity contribution < 1.29 is 18.1 Å². The molecular weight excluding hydrogens is 348 g/mol. The molecule has 0 radical (unpaired) electrons. The zero-order chi connectivity index (χ0) is 18.4. The molecule has 10 heteroatoms. The van der Waals surface area contributed by atoms with Gasteiger partial charge < -0.3 is 10.6 Å². The lowest BCUT2D eigenvalue weighted by Crippen LogP contribution is -2.45. The Hall–Kier alpha value is -2.20. The molecule has 1 heterocycles. The summed E-state index contributed by atoms with van der Waals surface area (Å²) >= 11 is 0. The summed E-state index contributed by atoms with van der Waals surface area (Å²) in [5.74, 6) is -0.485. The van der Waals surface area contributed by atoms with Gasteiger partial charge in [-0.1, -0.05) is 0 Å². The topological polar surface area (TPSA) is 122 Å². The summed E-state index contributed by atoms with van der Waals surface area (Å²) in [6.45, 7) is 1.53. The lowest BCUT2D eigenvalue weighted by atomic mass is 9.99. The normalized spacial score (nSPS) is 18.5. The number of hydrogen-bond donors (Lipinski definition) is 2. The van der Waals surface area contributed by atoms with Gasteiger partial charge in [0.1, 0.15) is 0 Å². The van der Waals surface area contributed by atoms with E-state index >= 15 is 0 Å². The van der Waals surface area contributed by atoms with Crippen molar-refractivity contribution in [1.82, 2.24) is 9.62 Å². The maximum Gasteiger partial charge on any atom is 0.269 e. The minimum Gasteiger partial charge on any atom is -0.383 e. The van der Waals surface area contributed by atoms with Crippen molar-refractivity contribution in [2.75, 3.05) is 37.8 Å². The number of non-ortho nitro benzene ring substituents is 1. The van der Waals surface area contributed by atoms with Crippen LogP contribution >= 0.6 is 0 Å². The number of sulfonamides is 1. The van der Waals surface area contributed by atoms with Crippen molar-refractivity contribution in [2.24, 2.45) is 5.92 Å². The summed E-state index contributed by atoms with van der Waals surface area (Å²) in [6, 6.07) is 6.02. The molecule has 1 unspecified atom stereocenters. The molecule has 1 atom stereocenters. The number of amides is 1. The average Bonchev–Trinajstić information content (AvgIpc) is 2.58. The Kier molecular flexibility index (Phi) is 6.32. The van der Waals surface area contributed by atoms with E-state index < -0.39 is 14.9 Å². The summed E-state index contributed by atoms with van der Waals surface area (Å²) in [6.07, 6.45) is 2.50. The monoisotopic (exact) mass is 370 g/mol. The fraction of sp³-hybridized carbons (Fsp3) is 0.533. The summed E-state index contributed by atoms with van der Waals surface area (Å²) in [5, 5.41) is 16.4. The highest BCUT2D eigenvalue weighted by Gasteiger charge is 2.29. The number of carbonyl (C=O) groups excluding carboxylic acids is 1. The lowest BCUT2D eigenvalue weighted by Gasteiger charge is -2.30. The fourth-order valence-corrected chi connectivity index (χ4v) is 3.61. The van der Waals surface area contributed by atoms with Gasteiger partial charge in [0.2, 0.25) is 15.9 Å². The predicted octanol–water partition coefficient (Wildman–Crippen LogP) is 0.795. The minimum absolute atomic E-state index is 0.0200. The Balaban J connectivity index is 1.74. The van der Waals surface area contributed by atoms with Crippen molar-refractivity contribution in [2.45, 2.75) is 12.8 Å². The fourth-order valence-electron chi connectivity index (χ4n) is 2.70. The molecule has 2 rings (SSSR count). The van der Waals surface area contributed by atoms with Crippen LogP contribution in [0.3, 0.4) is 0 Å². The molecule has 0 aromatic heterocycles. The van der Waals surface area contributed by atoms with Gasteiger partial charge in [-0.3, -0.25) is 14.9 Å². The highest BCUT2D eigenvalue weighted by molar-refractivity contribution is 7.88. The van der Waals surface area contributed by atoms with Gasteiger partial charge in [0.25, 0.3) is 5.69 Å². The van der Waals surface area contributed by atoms with Gasteiger partial charge in [-0.15, -0.1) is 0 Å². The Labute approximate surface area is 146 Å². The van der Waals surface area contributed by atoms with Gasteiger partial charge in [-0.2, -0.15) is 0 Å². The first-order valence-corrected chi connectivity index (χ1v) is 9.83. The van der Waals surface area contributed by atoms with E-state index in [1.807, 2.05) is 0 Å². The maximum absolute atomic E-state index is 12.2. The van der Waals surface area contributed by atoms with Gasteiger partial charge in [0.15, 0.2) is 0 Å². The molecule has 2 N–H and O–H groups in total. The Morgan fingerprint density at radius 3 is 2.60 bits per heavy atom. The second-order valence-electron chi connectivity index (χ2n) is 5.98. The minimum atomic E-state index is -3.27. The van der Waals surface area contributed by atoms with E-state index in [2.05, 4.69) is 10.6 Å². The zero-order valence-corrected chi connectivity index (χ0v) is 14.8. The lowest BCUT2D eigenvalue weighted by molar-refractivity contribution is -0.384. The maximum atomic E-state index is 12.2. The van der Waals surface area contributed by atoms with E-state index in [0.717, 1.165) is 11.9 Å². The number of benzene rings is 1. The number of piperidine rings is 1. The van der Waals surface area contributed by atoms with E-state index in [4.69, 9.17) is 0 Å². The summed E-state index contributed by atoms with van der Waals surface area (Å²) in [5.41, 5.74) is 0.743. The predicted molar refractivity (Wildman–Crippen MR) is 93.7 cm³/mol. The third-order valence-electron chi connectivity index (χ3n) is 4.06. The number of carbonyl (C=O) groups is 1. The van der Waals surface area contributed by atoms with Gasteiger partial charge in [-0.05, 0) is 25.0 Å². The molecule has 1 saturated heterocycles. The van der Waals surface area contributed by atoms with Crippen LogP contribution in [0, 0.1) is 16.0 Å². The summed E-state index contributed by atoms with van der Waals surface area (Å²) < 4.78 is 24.5. The molecule has 138 valence electrons. The third-order valence-corrected chi connectivity index (χ3v) is 5.33. The quantitative estimate of drug-likeness (QED) is 0.416. The van der Waals surface area contributed by atoms with Crippen molar-refractivity contribution in [3.63, 3.8) is 0 Å². The molecule has 1 aromatic carbocycles. The molecule has 1 aromatic rings. The van der Waals surface area contributed by atoms with E-state index in [1.54, 1.807) is 12.1 Å². The smallest absolute Gasteiger partial charge is 0.269 e. The molecule has 0 spiro atoms. The molecule has 1 aliphatic rings. The van der Waals surface area contributed by atoms with Crippen LogP contribution < -0.4 is 10.6 Å². The van der Waals surface area contributed by atoms with E-state index in [0.29, 0.717) is 32.5 Å². The highest BCUT2D eigenvalue weighted by Crippen LogP contribution is 2.19. The zero-order valence-electron chi connectivity index (χ0n) is 14.0. The number of nitro groups is 1. The van der Waals surface area contributed by atoms with Crippen LogP contribution in [-0.4, -0.2) is 56.0 Å². The number of nitro benzene ring substituents is 1. The number of anilines is 1. The van der Waals surface area contributed by atoms with Gasteiger partial charge in [-0.25, -0.2) is 12.7 Å². The standard InChI is InChI=1S/C15H22N4O5S/c1-25(23,24)18-10-2-3-12(11-18)15(20)17-9-8-16-13-4-6-14(7-5-13)19(21)22/h4-7,12,16H,2-3,8-11H2,1H3,(H,17,20). The van der Waals surface area contributed by atoms with Crippen LogP contribution in [0.4, 0.5) is 11.4 Å². The highest BCUT2D eigenvalue weighted by atomic mass is 32.2. The molecule has 1 fully saturated rings. The van der Waals surface area contributed by atoms with Crippen LogP contribution in [0.5, 0.6) is 0 Å². The van der Waals surface area contributed by atoms with Crippen LogP contribution in [0.25, 0.3) is 0 Å². The van der Waals surface area contributed by atoms with Crippen molar-refractivity contribution in [3.8, 4) is 0 Å². The Morgan fingerprint density at radius 2 is 2.00 bits per heavy atom. The molecule has 0 aliphatic carbocycles. The van der Waals surface area contributed by atoms with E-state index in [-0.39, 0.29) is 24.1 Å². The first kappa shape index (κ1) is 19.1. The van der Waals surface area contributed by atoms with Crippen molar-refractivity contribution in [3.05, 3.63) is 34.4 Å². The van der Waals surface area contributed by atoms with Gasteiger partial charge in [0.05, 0.1) is 17.1 Å². The van der Waals surface area contributed by atoms with Crippen molar-refractivity contribution in [1.29, 1.82) is 0 Å². The van der Waals surface area contributed by atoms with Gasteiger partial charge in [0, 0.05) is 44.0 Å². The van der Waals surface area contributed by atoms with Crippen LogP contribution in [0.1, 0.15) is 12.8 Å². The number of nitrogens with zero attached hydrogens (tertiary/aromatic N) is 2. The summed E-state index contributed by atoms with van der Waals surface area (Å²) in [4.78, 5) is 22.3. The van der Waals surface area contributed by atoms with Crippen LogP contribution in [0.2, 0.25) is 0 Å². The molecule has 1 amide bonds. The second kappa shape index (κ2) is 8.26. The molecule has 25 heavy (non-hydrogen) atoms. The molecule has 9 nitrogen and oxygen atoms in total. The third kappa shape index (κ3) is 5.68. The summed E-state index contributed by atoms with van der Waals surface area (Å²) in [7, 11) is -3.27. The van der Waals surface area contributed by atoms with Crippen molar-refractivity contribution >= 4 is 27.3 Å². The first-order chi connectivity index (χ1) is 11.8. The SMILES string of the molecule is CS(=O)(=O)N1CCCC(C(=O)NCCNc2ccc([N+](=O)[O-])cc2)C1. The largest absolute Gasteiger partial charge is 0.383 e. The number of nitrogens with one attached hydrogen (secondary N) is 2. The van der Waals surface area contributed by atoms with Crippen LogP contribution in [0.15, 0.2) is 24.3 Å². The average molecular weight is 370 g/mol. The van der Waals surface area contributed by atoms with E-state index in [9.17, 15) is 23.3 Å². The molecule has 0 saturated carbocycles. The van der Waals surface area contributed by atoms with Crippen LogP contribution in [-0.2, 0) is 14.8 Å². The number of hydrogen-bond acceptors (Lipinski definition) is 6. The number of rotatable bonds is 7. The molecular formula is C15H22N4O5S.